The quantitative estimate of drug-likeness (QED) is 0.631. The highest BCUT2D eigenvalue weighted by Gasteiger charge is 2.08. The predicted octanol–water partition coefficient (Wildman–Crippen LogP) is 4.24. The second-order valence-electron chi connectivity index (χ2n) is 4.03. The lowest BCUT2D eigenvalue weighted by Crippen LogP contribution is -1.94. The van der Waals surface area contributed by atoms with Crippen LogP contribution in [-0.2, 0) is 0 Å². The molecule has 1 heterocycles. The standard InChI is InChI=1S/C15H12INO/c1-18-15-8-4-7-13-11(15)9-10-17(13)14-6-3-2-5-12(14)16/h2-10H,1H3. The number of benzene rings is 2. The number of ether oxygens (including phenoxy) is 1. The van der Waals surface area contributed by atoms with Gasteiger partial charge in [0.05, 0.1) is 18.3 Å². The third-order valence-electron chi connectivity index (χ3n) is 3.02. The highest BCUT2D eigenvalue weighted by Crippen LogP contribution is 2.29. The topological polar surface area (TPSA) is 14.2 Å². The Bertz CT molecular complexity index is 703. The number of rotatable bonds is 2. The Morgan fingerprint density at radius 3 is 2.61 bits per heavy atom. The number of methoxy groups -OCH3 is 1. The Morgan fingerprint density at radius 1 is 1.00 bits per heavy atom. The molecule has 0 unspecified atom stereocenters. The molecule has 0 amide bonds. The number of aromatic nitrogens is 1. The number of para-hydroxylation sites is 1. The summed E-state index contributed by atoms with van der Waals surface area (Å²) in [5, 5.41) is 1.14. The van der Waals surface area contributed by atoms with Crippen LogP contribution >= 0.6 is 22.6 Å². The van der Waals surface area contributed by atoms with E-state index in [0.717, 1.165) is 11.1 Å². The first kappa shape index (κ1) is 11.6. The molecular weight excluding hydrogens is 337 g/mol. The zero-order valence-electron chi connectivity index (χ0n) is 9.93. The molecule has 0 atom stereocenters. The van der Waals surface area contributed by atoms with Gasteiger partial charge in [0, 0.05) is 15.2 Å². The van der Waals surface area contributed by atoms with Crippen LogP contribution in [0, 0.1) is 3.57 Å². The lowest BCUT2D eigenvalue weighted by molar-refractivity contribution is 0.420. The second kappa shape index (κ2) is 4.65. The largest absolute Gasteiger partial charge is 0.496 e. The van der Waals surface area contributed by atoms with Crippen molar-refractivity contribution in [2.24, 2.45) is 0 Å². The van der Waals surface area contributed by atoms with E-state index in [4.69, 9.17) is 4.74 Å². The summed E-state index contributed by atoms with van der Waals surface area (Å²) in [6.45, 7) is 0. The van der Waals surface area contributed by atoms with Gasteiger partial charge in [-0.2, -0.15) is 0 Å². The number of halogens is 1. The van der Waals surface area contributed by atoms with Crippen molar-refractivity contribution in [1.82, 2.24) is 4.57 Å². The number of hydrogen-bond acceptors (Lipinski definition) is 1. The Hall–Kier alpha value is -1.49. The molecule has 18 heavy (non-hydrogen) atoms. The van der Waals surface area contributed by atoms with Gasteiger partial charge >= 0.3 is 0 Å². The van der Waals surface area contributed by atoms with Crippen molar-refractivity contribution in [1.29, 1.82) is 0 Å². The van der Waals surface area contributed by atoms with Gasteiger partial charge in [-0.3, -0.25) is 0 Å². The molecule has 0 aliphatic rings. The van der Waals surface area contributed by atoms with Gasteiger partial charge in [-0.05, 0) is 52.9 Å². The van der Waals surface area contributed by atoms with E-state index in [1.165, 1.54) is 14.8 Å². The van der Waals surface area contributed by atoms with Crippen LogP contribution in [0.2, 0.25) is 0 Å². The fraction of sp³-hybridized carbons (Fsp3) is 0.0667. The fourth-order valence-corrected chi connectivity index (χ4v) is 2.82. The zero-order chi connectivity index (χ0) is 12.5. The Labute approximate surface area is 119 Å². The summed E-state index contributed by atoms with van der Waals surface area (Å²) < 4.78 is 8.82. The molecule has 2 nitrogen and oxygen atoms in total. The molecule has 3 heteroatoms. The molecule has 90 valence electrons. The smallest absolute Gasteiger partial charge is 0.128 e. The maximum atomic E-state index is 5.39. The average molecular weight is 349 g/mol. The first-order valence-electron chi connectivity index (χ1n) is 5.70. The first-order chi connectivity index (χ1) is 8.81. The van der Waals surface area contributed by atoms with E-state index in [1.54, 1.807) is 7.11 Å². The molecule has 0 saturated heterocycles. The van der Waals surface area contributed by atoms with Gasteiger partial charge in [-0.15, -0.1) is 0 Å². The number of hydrogen-bond donors (Lipinski definition) is 0. The summed E-state index contributed by atoms with van der Waals surface area (Å²) in [6, 6.07) is 16.6. The second-order valence-corrected chi connectivity index (χ2v) is 5.19. The van der Waals surface area contributed by atoms with Gasteiger partial charge < -0.3 is 9.30 Å². The van der Waals surface area contributed by atoms with Crippen molar-refractivity contribution in [3.63, 3.8) is 0 Å². The van der Waals surface area contributed by atoms with E-state index < -0.39 is 0 Å². The minimum atomic E-state index is 0.914. The molecule has 0 N–H and O–H groups in total. The minimum absolute atomic E-state index is 0.914. The van der Waals surface area contributed by atoms with Crippen molar-refractivity contribution < 1.29 is 4.74 Å². The first-order valence-corrected chi connectivity index (χ1v) is 6.78. The van der Waals surface area contributed by atoms with Crippen molar-refractivity contribution in [2.75, 3.05) is 7.11 Å². The maximum Gasteiger partial charge on any atom is 0.128 e. The van der Waals surface area contributed by atoms with Gasteiger partial charge in [0.2, 0.25) is 0 Å². The number of nitrogens with zero attached hydrogens (tertiary/aromatic N) is 1. The summed E-state index contributed by atoms with van der Waals surface area (Å²) >= 11 is 2.36. The summed E-state index contributed by atoms with van der Waals surface area (Å²) in [6.07, 6.45) is 2.09. The van der Waals surface area contributed by atoms with E-state index in [0.29, 0.717) is 0 Å². The SMILES string of the molecule is COc1cccc2c1ccn2-c1ccccc1I. The molecule has 0 bridgehead atoms. The molecule has 0 fully saturated rings. The van der Waals surface area contributed by atoms with Crippen LogP contribution in [0.4, 0.5) is 0 Å². The van der Waals surface area contributed by atoms with Crippen LogP contribution in [0.5, 0.6) is 5.75 Å². The van der Waals surface area contributed by atoms with Gasteiger partial charge in [0.15, 0.2) is 0 Å². The molecule has 0 saturated carbocycles. The molecule has 3 rings (SSSR count). The highest BCUT2D eigenvalue weighted by molar-refractivity contribution is 14.1. The van der Waals surface area contributed by atoms with Crippen LogP contribution in [0.3, 0.4) is 0 Å². The van der Waals surface area contributed by atoms with Gasteiger partial charge in [0.25, 0.3) is 0 Å². The van der Waals surface area contributed by atoms with Crippen LogP contribution in [-0.4, -0.2) is 11.7 Å². The third kappa shape index (κ3) is 1.79. The average Bonchev–Trinajstić information content (AvgIpc) is 2.83. The Balaban J connectivity index is 2.29. The van der Waals surface area contributed by atoms with Gasteiger partial charge in [-0.1, -0.05) is 18.2 Å². The van der Waals surface area contributed by atoms with Crippen molar-refractivity contribution in [3.8, 4) is 11.4 Å². The predicted molar refractivity (Wildman–Crippen MR) is 82.5 cm³/mol. The van der Waals surface area contributed by atoms with E-state index in [2.05, 4.69) is 69.8 Å². The zero-order valence-corrected chi connectivity index (χ0v) is 12.1. The molecule has 2 aromatic carbocycles. The molecule has 0 spiro atoms. The monoisotopic (exact) mass is 349 g/mol. The molecule has 3 aromatic rings. The molecular formula is C15H12INO. The van der Waals surface area contributed by atoms with E-state index in [9.17, 15) is 0 Å². The van der Waals surface area contributed by atoms with E-state index in [1.807, 2.05) is 12.1 Å². The van der Waals surface area contributed by atoms with Crippen LogP contribution in [0.1, 0.15) is 0 Å². The summed E-state index contributed by atoms with van der Waals surface area (Å²) in [5.41, 5.74) is 2.36. The minimum Gasteiger partial charge on any atom is -0.496 e. The highest BCUT2D eigenvalue weighted by atomic mass is 127. The van der Waals surface area contributed by atoms with E-state index >= 15 is 0 Å². The van der Waals surface area contributed by atoms with Gasteiger partial charge in [0.1, 0.15) is 5.75 Å². The maximum absolute atomic E-state index is 5.39. The van der Waals surface area contributed by atoms with Crippen molar-refractivity contribution in [3.05, 3.63) is 58.3 Å². The van der Waals surface area contributed by atoms with Crippen LogP contribution in [0.15, 0.2) is 54.7 Å². The molecule has 0 radical (unpaired) electrons. The van der Waals surface area contributed by atoms with E-state index in [-0.39, 0.29) is 0 Å². The fourth-order valence-electron chi connectivity index (χ4n) is 2.17. The summed E-state index contributed by atoms with van der Waals surface area (Å²) in [5.74, 6) is 0.914. The van der Waals surface area contributed by atoms with Crippen LogP contribution < -0.4 is 4.74 Å². The van der Waals surface area contributed by atoms with Crippen molar-refractivity contribution >= 4 is 33.5 Å². The number of fused-ring (bicyclic) bond motifs is 1. The molecule has 0 aliphatic heterocycles. The normalized spacial score (nSPS) is 10.8. The van der Waals surface area contributed by atoms with Crippen LogP contribution in [0.25, 0.3) is 16.6 Å². The Morgan fingerprint density at radius 2 is 1.83 bits per heavy atom. The Kier molecular flexibility index (Phi) is 2.99. The van der Waals surface area contributed by atoms with Crippen molar-refractivity contribution in [2.45, 2.75) is 0 Å². The lowest BCUT2D eigenvalue weighted by Gasteiger charge is -2.08. The lowest BCUT2D eigenvalue weighted by atomic mass is 10.2. The third-order valence-corrected chi connectivity index (χ3v) is 3.94. The summed E-state index contributed by atoms with van der Waals surface area (Å²) in [7, 11) is 1.71. The molecule has 1 aromatic heterocycles. The molecule has 0 aliphatic carbocycles. The summed E-state index contributed by atoms with van der Waals surface area (Å²) in [4.78, 5) is 0. The van der Waals surface area contributed by atoms with Gasteiger partial charge in [-0.25, -0.2) is 0 Å².